The van der Waals surface area contributed by atoms with Crippen molar-refractivity contribution in [1.82, 2.24) is 0 Å². The van der Waals surface area contributed by atoms with Crippen LogP contribution in [0.1, 0.15) is 12.5 Å². The first kappa shape index (κ1) is 10.2. The highest BCUT2D eigenvalue weighted by molar-refractivity contribution is 9.11. The second kappa shape index (κ2) is 5.00. The summed E-state index contributed by atoms with van der Waals surface area (Å²) >= 11 is 6.93. The maximum atomic E-state index is 5.32. The molecule has 1 aromatic carbocycles. The average Bonchev–Trinajstić information content (AvgIpc) is 2.04. The summed E-state index contributed by atoms with van der Waals surface area (Å²) in [6.07, 6.45) is 0. The van der Waals surface area contributed by atoms with E-state index in [-0.39, 0.29) is 0 Å². The number of ether oxygens (including phenoxy) is 1. The molecule has 1 aromatic rings. The predicted molar refractivity (Wildman–Crippen MR) is 57.2 cm³/mol. The lowest BCUT2D eigenvalue weighted by atomic mass is 10.2. The number of hydrogen-bond donors (Lipinski definition) is 0. The smallest absolute Gasteiger partial charge is 0.0738 e. The highest BCUT2D eigenvalue weighted by atomic mass is 79.9. The van der Waals surface area contributed by atoms with Gasteiger partial charge in [-0.2, -0.15) is 0 Å². The Labute approximate surface area is 89.4 Å². The van der Waals surface area contributed by atoms with Crippen molar-refractivity contribution in [3.8, 4) is 0 Å². The Kier molecular flexibility index (Phi) is 4.26. The first-order valence-electron chi connectivity index (χ1n) is 3.76. The molecule has 3 heteroatoms. The Morgan fingerprint density at radius 1 is 1.25 bits per heavy atom. The summed E-state index contributed by atoms with van der Waals surface area (Å²) in [5, 5.41) is 0. The van der Waals surface area contributed by atoms with E-state index in [2.05, 4.69) is 31.9 Å². The lowest BCUT2D eigenvalue weighted by Gasteiger charge is -2.06. The van der Waals surface area contributed by atoms with Crippen molar-refractivity contribution in [2.75, 3.05) is 6.61 Å². The maximum Gasteiger partial charge on any atom is 0.0738 e. The molecule has 0 saturated heterocycles. The van der Waals surface area contributed by atoms with Crippen molar-refractivity contribution in [3.63, 3.8) is 0 Å². The highest BCUT2D eigenvalue weighted by Gasteiger charge is 2.02. The van der Waals surface area contributed by atoms with E-state index in [9.17, 15) is 0 Å². The minimum absolute atomic E-state index is 0.651. The second-order valence-electron chi connectivity index (χ2n) is 2.34. The topological polar surface area (TPSA) is 9.23 Å². The van der Waals surface area contributed by atoms with Gasteiger partial charge in [-0.3, -0.25) is 0 Å². The summed E-state index contributed by atoms with van der Waals surface area (Å²) in [4.78, 5) is 0. The third kappa shape index (κ3) is 2.57. The van der Waals surface area contributed by atoms with Gasteiger partial charge in [0.15, 0.2) is 0 Å². The van der Waals surface area contributed by atoms with Crippen LogP contribution in [0.4, 0.5) is 0 Å². The zero-order chi connectivity index (χ0) is 8.97. The van der Waals surface area contributed by atoms with Crippen LogP contribution in [-0.2, 0) is 11.3 Å². The van der Waals surface area contributed by atoms with E-state index in [4.69, 9.17) is 4.74 Å². The van der Waals surface area contributed by atoms with Crippen molar-refractivity contribution < 1.29 is 4.74 Å². The average molecular weight is 294 g/mol. The Morgan fingerprint density at radius 2 is 1.83 bits per heavy atom. The van der Waals surface area contributed by atoms with Gasteiger partial charge in [-0.1, -0.05) is 37.9 Å². The van der Waals surface area contributed by atoms with Gasteiger partial charge in [0.1, 0.15) is 0 Å². The molecule has 0 N–H and O–H groups in total. The first-order chi connectivity index (χ1) is 5.75. The molecule has 0 radical (unpaired) electrons. The van der Waals surface area contributed by atoms with Crippen LogP contribution in [0.3, 0.4) is 0 Å². The second-order valence-corrected chi connectivity index (χ2v) is 4.05. The Hall–Kier alpha value is 0.140. The SMILES string of the molecule is CCOCc1c(Br)cccc1Br. The number of hydrogen-bond acceptors (Lipinski definition) is 1. The molecular formula is C9H10Br2O. The molecule has 0 saturated carbocycles. The van der Waals surface area contributed by atoms with Gasteiger partial charge in [0.05, 0.1) is 6.61 Å². The van der Waals surface area contributed by atoms with Crippen LogP contribution in [0.15, 0.2) is 27.1 Å². The third-order valence-electron chi connectivity index (χ3n) is 1.51. The van der Waals surface area contributed by atoms with Crippen molar-refractivity contribution in [3.05, 3.63) is 32.7 Å². The molecule has 0 aliphatic heterocycles. The van der Waals surface area contributed by atoms with Crippen molar-refractivity contribution in [2.45, 2.75) is 13.5 Å². The van der Waals surface area contributed by atoms with Gasteiger partial charge in [0.25, 0.3) is 0 Å². The molecular weight excluding hydrogens is 284 g/mol. The molecule has 0 heterocycles. The quantitative estimate of drug-likeness (QED) is 0.825. The molecule has 0 spiro atoms. The summed E-state index contributed by atoms with van der Waals surface area (Å²) in [5.41, 5.74) is 1.17. The minimum Gasteiger partial charge on any atom is -0.377 e. The lowest BCUT2D eigenvalue weighted by molar-refractivity contribution is 0.133. The van der Waals surface area contributed by atoms with E-state index in [0.717, 1.165) is 15.6 Å². The van der Waals surface area contributed by atoms with Crippen LogP contribution in [0.5, 0.6) is 0 Å². The summed E-state index contributed by atoms with van der Waals surface area (Å²) in [6.45, 7) is 3.39. The van der Waals surface area contributed by atoms with Crippen molar-refractivity contribution in [1.29, 1.82) is 0 Å². The molecule has 0 unspecified atom stereocenters. The summed E-state index contributed by atoms with van der Waals surface area (Å²) < 4.78 is 7.50. The molecule has 0 amide bonds. The largest absolute Gasteiger partial charge is 0.377 e. The number of halogens is 2. The minimum atomic E-state index is 0.651. The first-order valence-corrected chi connectivity index (χ1v) is 5.35. The zero-order valence-corrected chi connectivity index (χ0v) is 9.98. The lowest BCUT2D eigenvalue weighted by Crippen LogP contribution is -1.93. The van der Waals surface area contributed by atoms with Gasteiger partial charge in [-0.05, 0) is 19.1 Å². The molecule has 0 aromatic heterocycles. The Morgan fingerprint density at radius 3 is 2.33 bits per heavy atom. The van der Waals surface area contributed by atoms with Gasteiger partial charge in [0.2, 0.25) is 0 Å². The van der Waals surface area contributed by atoms with E-state index >= 15 is 0 Å². The number of benzene rings is 1. The predicted octanol–water partition coefficient (Wildman–Crippen LogP) is 3.75. The fraction of sp³-hybridized carbons (Fsp3) is 0.333. The maximum absolute atomic E-state index is 5.32. The molecule has 0 aliphatic rings. The molecule has 0 bridgehead atoms. The third-order valence-corrected chi connectivity index (χ3v) is 3.00. The molecule has 0 fully saturated rings. The van der Waals surface area contributed by atoms with Crippen LogP contribution in [-0.4, -0.2) is 6.61 Å². The van der Waals surface area contributed by atoms with Gasteiger partial charge < -0.3 is 4.74 Å². The number of rotatable bonds is 3. The molecule has 0 atom stereocenters. The molecule has 1 nitrogen and oxygen atoms in total. The van der Waals surface area contributed by atoms with Crippen molar-refractivity contribution >= 4 is 31.9 Å². The summed E-state index contributed by atoms with van der Waals surface area (Å²) in [6, 6.07) is 6.02. The Bertz CT molecular complexity index is 240. The van der Waals surface area contributed by atoms with Gasteiger partial charge in [-0.25, -0.2) is 0 Å². The zero-order valence-electron chi connectivity index (χ0n) is 6.81. The molecule has 1 rings (SSSR count). The molecule has 66 valence electrons. The van der Waals surface area contributed by atoms with Crippen LogP contribution in [0.25, 0.3) is 0 Å². The van der Waals surface area contributed by atoms with E-state index in [1.165, 1.54) is 5.56 Å². The van der Waals surface area contributed by atoms with Gasteiger partial charge in [0, 0.05) is 21.1 Å². The molecule has 12 heavy (non-hydrogen) atoms. The van der Waals surface area contributed by atoms with Gasteiger partial charge in [-0.15, -0.1) is 0 Å². The van der Waals surface area contributed by atoms with E-state index in [1.54, 1.807) is 0 Å². The summed E-state index contributed by atoms with van der Waals surface area (Å²) in [7, 11) is 0. The van der Waals surface area contributed by atoms with E-state index < -0.39 is 0 Å². The van der Waals surface area contributed by atoms with Crippen LogP contribution in [0.2, 0.25) is 0 Å². The fourth-order valence-electron chi connectivity index (χ4n) is 0.874. The summed E-state index contributed by atoms with van der Waals surface area (Å²) in [5.74, 6) is 0. The fourth-order valence-corrected chi connectivity index (χ4v) is 2.10. The normalized spacial score (nSPS) is 10.2. The van der Waals surface area contributed by atoms with Crippen LogP contribution >= 0.6 is 31.9 Å². The van der Waals surface area contributed by atoms with E-state index in [1.807, 2.05) is 25.1 Å². The van der Waals surface area contributed by atoms with Crippen molar-refractivity contribution in [2.24, 2.45) is 0 Å². The van der Waals surface area contributed by atoms with Crippen LogP contribution in [0, 0.1) is 0 Å². The standard InChI is InChI=1S/C9H10Br2O/c1-2-12-6-7-8(10)4-3-5-9(7)11/h3-5H,2,6H2,1H3. The monoisotopic (exact) mass is 292 g/mol. The van der Waals surface area contributed by atoms with Crippen LogP contribution < -0.4 is 0 Å². The Balaban J connectivity index is 2.81. The molecule has 0 aliphatic carbocycles. The van der Waals surface area contributed by atoms with E-state index in [0.29, 0.717) is 6.61 Å². The van der Waals surface area contributed by atoms with Gasteiger partial charge >= 0.3 is 0 Å². The highest BCUT2D eigenvalue weighted by Crippen LogP contribution is 2.25.